The maximum absolute atomic E-state index is 12.3. The number of aliphatic hydroxyl groups excluding tert-OH is 1. The van der Waals surface area contributed by atoms with Crippen LogP contribution in [-0.2, 0) is 19.1 Å². The number of rotatable bonds is 57. The van der Waals surface area contributed by atoms with Crippen LogP contribution >= 0.6 is 0 Å². The number of aliphatic hydroxyl groups is 1. The highest BCUT2D eigenvalue weighted by molar-refractivity contribution is 5.70. The number of allylic oxidation sites excluding steroid dienone is 2. The van der Waals surface area contributed by atoms with Crippen LogP contribution < -0.4 is 0 Å². The number of esters is 2. The Bertz CT molecular complexity index is 963. The number of carbonyl (C=O) groups is 2. The SMILES string of the molecule is CCCCCCCCCC/C=C\CCCCCCCCCCCCCCCCCC(=O)OC(CO)COC(=O)CCCCCCCCCCCCCCCCCCCCCCCCCCC. The first kappa shape index (κ1) is 64.6. The molecule has 1 unspecified atom stereocenters. The molecule has 5 nitrogen and oxygen atoms in total. The van der Waals surface area contributed by atoms with Crippen molar-refractivity contribution in [1.82, 2.24) is 0 Å². The molecule has 0 saturated carbocycles. The van der Waals surface area contributed by atoms with Crippen LogP contribution in [0.3, 0.4) is 0 Å². The van der Waals surface area contributed by atoms with Crippen LogP contribution in [0.15, 0.2) is 12.2 Å². The first-order chi connectivity index (χ1) is 32.6. The van der Waals surface area contributed by atoms with Gasteiger partial charge < -0.3 is 14.6 Å². The summed E-state index contributed by atoms with van der Waals surface area (Å²) in [5, 5.41) is 9.67. The lowest BCUT2D eigenvalue weighted by molar-refractivity contribution is -0.161. The average Bonchev–Trinajstić information content (AvgIpc) is 3.32. The number of hydrogen-bond acceptors (Lipinski definition) is 5. The number of hydrogen-bond donors (Lipinski definition) is 1. The van der Waals surface area contributed by atoms with Crippen LogP contribution in [-0.4, -0.2) is 36.4 Å². The molecule has 1 atom stereocenters. The molecule has 0 saturated heterocycles. The summed E-state index contributed by atoms with van der Waals surface area (Å²) in [6.45, 7) is 4.21. The molecule has 0 bridgehead atoms. The molecule has 0 heterocycles. The molecule has 0 aromatic rings. The standard InChI is InChI=1S/C61H118O5/c1-3-5-7-9-11-13-15-17-19-21-23-25-27-29-30-32-34-36-38-40-42-44-46-48-50-52-54-56-61(64)66-59(57-62)58-65-60(63)55-53-51-49-47-45-43-41-39-37-35-33-31-28-26-24-22-20-18-16-14-12-10-8-6-4-2/h21,23,59,62H,3-20,22,24-58H2,1-2H3/b23-21-. The predicted octanol–water partition coefficient (Wildman–Crippen LogP) is 20.3. The van der Waals surface area contributed by atoms with Gasteiger partial charge in [0.1, 0.15) is 6.61 Å². The molecule has 0 aromatic carbocycles. The van der Waals surface area contributed by atoms with Crippen LogP contribution in [0, 0.1) is 0 Å². The van der Waals surface area contributed by atoms with Crippen molar-refractivity contribution in [2.24, 2.45) is 0 Å². The highest BCUT2D eigenvalue weighted by Crippen LogP contribution is 2.18. The molecule has 66 heavy (non-hydrogen) atoms. The fraction of sp³-hybridized carbons (Fsp3) is 0.934. The van der Waals surface area contributed by atoms with Gasteiger partial charge in [-0.25, -0.2) is 0 Å². The van der Waals surface area contributed by atoms with E-state index in [-0.39, 0.29) is 25.2 Å². The van der Waals surface area contributed by atoms with E-state index in [9.17, 15) is 14.7 Å². The third-order valence-corrected chi connectivity index (χ3v) is 14.1. The zero-order valence-electron chi connectivity index (χ0n) is 45.0. The quantitative estimate of drug-likeness (QED) is 0.0374. The van der Waals surface area contributed by atoms with E-state index >= 15 is 0 Å². The van der Waals surface area contributed by atoms with Crippen LogP contribution in [0.2, 0.25) is 0 Å². The Labute approximate surface area is 413 Å². The Morgan fingerprint density at radius 1 is 0.333 bits per heavy atom. The van der Waals surface area contributed by atoms with E-state index in [2.05, 4.69) is 26.0 Å². The van der Waals surface area contributed by atoms with Crippen molar-refractivity contribution < 1.29 is 24.2 Å². The number of carbonyl (C=O) groups excluding carboxylic acids is 2. The van der Waals surface area contributed by atoms with Crippen LogP contribution in [0.25, 0.3) is 0 Å². The molecule has 0 aliphatic heterocycles. The van der Waals surface area contributed by atoms with Gasteiger partial charge in [0.05, 0.1) is 6.61 Å². The van der Waals surface area contributed by atoms with Gasteiger partial charge in [0.15, 0.2) is 6.10 Å². The van der Waals surface area contributed by atoms with E-state index in [4.69, 9.17) is 9.47 Å². The molecule has 5 heteroatoms. The van der Waals surface area contributed by atoms with Gasteiger partial charge in [0, 0.05) is 12.8 Å². The maximum Gasteiger partial charge on any atom is 0.306 e. The van der Waals surface area contributed by atoms with Crippen LogP contribution in [0.5, 0.6) is 0 Å². The van der Waals surface area contributed by atoms with E-state index in [0.29, 0.717) is 12.8 Å². The second-order valence-electron chi connectivity index (χ2n) is 20.8. The van der Waals surface area contributed by atoms with E-state index in [0.717, 1.165) is 32.1 Å². The number of unbranched alkanes of at least 4 members (excludes halogenated alkanes) is 47. The molecular weight excluding hydrogens is 813 g/mol. The third-order valence-electron chi connectivity index (χ3n) is 14.1. The first-order valence-electron chi connectivity index (χ1n) is 30.2. The summed E-state index contributed by atoms with van der Waals surface area (Å²) < 4.78 is 10.7. The molecule has 0 aromatic heterocycles. The summed E-state index contributed by atoms with van der Waals surface area (Å²) in [7, 11) is 0. The van der Waals surface area contributed by atoms with Gasteiger partial charge in [-0.05, 0) is 38.5 Å². The summed E-state index contributed by atoms with van der Waals surface area (Å²) in [6.07, 6.45) is 72.1. The molecule has 392 valence electrons. The molecule has 0 rings (SSSR count). The maximum atomic E-state index is 12.3. The fourth-order valence-electron chi connectivity index (χ4n) is 9.50. The van der Waals surface area contributed by atoms with Gasteiger partial charge in [-0.1, -0.05) is 309 Å². The lowest BCUT2D eigenvalue weighted by Crippen LogP contribution is -2.28. The minimum atomic E-state index is -0.767. The molecule has 0 radical (unpaired) electrons. The summed E-state index contributed by atoms with van der Waals surface area (Å²) >= 11 is 0. The predicted molar refractivity (Wildman–Crippen MR) is 288 cm³/mol. The molecule has 0 aliphatic rings. The Hall–Kier alpha value is -1.36. The minimum absolute atomic E-state index is 0.0575. The lowest BCUT2D eigenvalue weighted by atomic mass is 10.0. The molecule has 0 amide bonds. The Morgan fingerprint density at radius 2 is 0.561 bits per heavy atom. The van der Waals surface area contributed by atoms with Crippen molar-refractivity contribution in [3.63, 3.8) is 0 Å². The van der Waals surface area contributed by atoms with Gasteiger partial charge >= 0.3 is 11.9 Å². The number of ether oxygens (including phenoxy) is 2. The van der Waals surface area contributed by atoms with Crippen molar-refractivity contribution in [3.05, 3.63) is 12.2 Å². The Balaban J connectivity index is 3.40. The molecular formula is C61H118O5. The first-order valence-corrected chi connectivity index (χ1v) is 30.2. The van der Waals surface area contributed by atoms with E-state index in [1.807, 2.05) is 0 Å². The summed E-state index contributed by atoms with van der Waals surface area (Å²) in [4.78, 5) is 24.6. The van der Waals surface area contributed by atoms with Gasteiger partial charge in [0.2, 0.25) is 0 Å². The van der Waals surface area contributed by atoms with Gasteiger partial charge in [-0.2, -0.15) is 0 Å². The van der Waals surface area contributed by atoms with Crippen LogP contribution in [0.1, 0.15) is 348 Å². The third kappa shape index (κ3) is 55.2. The van der Waals surface area contributed by atoms with Crippen LogP contribution in [0.4, 0.5) is 0 Å². The zero-order valence-corrected chi connectivity index (χ0v) is 45.0. The summed E-state index contributed by atoms with van der Waals surface area (Å²) in [6, 6.07) is 0. The summed E-state index contributed by atoms with van der Waals surface area (Å²) in [5.74, 6) is -0.565. The van der Waals surface area contributed by atoms with E-state index in [1.165, 1.54) is 289 Å². The normalized spacial score (nSPS) is 12.1. The Morgan fingerprint density at radius 3 is 0.818 bits per heavy atom. The molecule has 0 aliphatic carbocycles. The van der Waals surface area contributed by atoms with Crippen molar-refractivity contribution in [2.45, 2.75) is 354 Å². The van der Waals surface area contributed by atoms with Gasteiger partial charge in [0.25, 0.3) is 0 Å². The highest BCUT2D eigenvalue weighted by atomic mass is 16.6. The molecule has 1 N–H and O–H groups in total. The summed E-state index contributed by atoms with van der Waals surface area (Å²) in [5.41, 5.74) is 0. The monoisotopic (exact) mass is 931 g/mol. The Kier molecular flexibility index (Phi) is 56.8. The van der Waals surface area contributed by atoms with Crippen molar-refractivity contribution in [3.8, 4) is 0 Å². The second kappa shape index (κ2) is 58.0. The van der Waals surface area contributed by atoms with Gasteiger partial charge in [-0.15, -0.1) is 0 Å². The second-order valence-corrected chi connectivity index (χ2v) is 20.8. The highest BCUT2D eigenvalue weighted by Gasteiger charge is 2.16. The van der Waals surface area contributed by atoms with Gasteiger partial charge in [-0.3, -0.25) is 9.59 Å². The fourth-order valence-corrected chi connectivity index (χ4v) is 9.50. The topological polar surface area (TPSA) is 72.8 Å². The van der Waals surface area contributed by atoms with Crippen molar-refractivity contribution in [2.75, 3.05) is 13.2 Å². The van der Waals surface area contributed by atoms with E-state index < -0.39 is 6.10 Å². The van der Waals surface area contributed by atoms with Crippen molar-refractivity contribution >= 4 is 11.9 Å². The largest absolute Gasteiger partial charge is 0.462 e. The minimum Gasteiger partial charge on any atom is -0.462 e. The van der Waals surface area contributed by atoms with E-state index in [1.54, 1.807) is 0 Å². The van der Waals surface area contributed by atoms with Crippen molar-refractivity contribution in [1.29, 1.82) is 0 Å². The molecule has 0 fully saturated rings. The lowest BCUT2D eigenvalue weighted by Gasteiger charge is -2.15. The average molecular weight is 932 g/mol. The zero-order chi connectivity index (χ0) is 47.7. The molecule has 0 spiro atoms. The smallest absolute Gasteiger partial charge is 0.306 e.